The smallest absolute Gasteiger partial charge is 0.309 e. The van der Waals surface area contributed by atoms with Crippen molar-refractivity contribution in [2.45, 2.75) is 19.8 Å². The number of halogens is 1. The average Bonchev–Trinajstić information content (AvgIpc) is 2.73. The molecule has 1 saturated heterocycles. The minimum absolute atomic E-state index is 0.0147. The molecule has 28 heavy (non-hydrogen) atoms. The van der Waals surface area contributed by atoms with Crippen LogP contribution < -0.4 is 4.90 Å². The summed E-state index contributed by atoms with van der Waals surface area (Å²) in [6.45, 7) is 3.84. The number of hydrogen-bond donors (Lipinski definition) is 0. The van der Waals surface area contributed by atoms with E-state index < -0.39 is 0 Å². The number of hydrogen-bond acceptors (Lipinski definition) is 5. The lowest BCUT2D eigenvalue weighted by molar-refractivity contribution is -0.148. The molecule has 3 aromatic rings. The second kappa shape index (κ2) is 7.92. The molecular formula is C22H22FN3O2. The zero-order valence-corrected chi connectivity index (χ0v) is 15.8. The molecule has 0 bridgehead atoms. The first-order valence-corrected chi connectivity index (χ1v) is 9.57. The van der Waals surface area contributed by atoms with Crippen LogP contribution in [0.1, 0.15) is 19.8 Å². The molecule has 0 spiro atoms. The molecule has 0 radical (unpaired) electrons. The van der Waals surface area contributed by atoms with Crippen LogP contribution in [0.3, 0.4) is 0 Å². The largest absolute Gasteiger partial charge is 0.466 e. The summed E-state index contributed by atoms with van der Waals surface area (Å²) in [5.41, 5.74) is 2.54. The van der Waals surface area contributed by atoms with Gasteiger partial charge in [-0.25, -0.2) is 9.37 Å². The van der Waals surface area contributed by atoms with E-state index in [9.17, 15) is 9.18 Å². The number of carbonyl (C=O) groups excluding carboxylic acids is 1. The lowest BCUT2D eigenvalue weighted by Crippen LogP contribution is -2.37. The van der Waals surface area contributed by atoms with Gasteiger partial charge in [0.2, 0.25) is 0 Å². The fourth-order valence-electron chi connectivity index (χ4n) is 3.64. The van der Waals surface area contributed by atoms with E-state index in [0.717, 1.165) is 53.8 Å². The Labute approximate surface area is 163 Å². The lowest BCUT2D eigenvalue weighted by Gasteiger charge is -2.31. The summed E-state index contributed by atoms with van der Waals surface area (Å²) in [5.74, 6) is 0.458. The Morgan fingerprint density at radius 2 is 1.96 bits per heavy atom. The molecule has 3 heterocycles. The van der Waals surface area contributed by atoms with Gasteiger partial charge in [0.05, 0.1) is 24.2 Å². The van der Waals surface area contributed by atoms with E-state index in [1.165, 1.54) is 12.3 Å². The van der Waals surface area contributed by atoms with E-state index in [1.54, 1.807) is 6.20 Å². The number of esters is 1. The van der Waals surface area contributed by atoms with Gasteiger partial charge >= 0.3 is 5.97 Å². The number of rotatable bonds is 4. The topological polar surface area (TPSA) is 55.3 Å². The van der Waals surface area contributed by atoms with Crippen molar-refractivity contribution in [2.75, 3.05) is 24.6 Å². The molecule has 0 aliphatic carbocycles. The van der Waals surface area contributed by atoms with Crippen LogP contribution in [0, 0.1) is 11.7 Å². The maximum atomic E-state index is 13.4. The normalized spacial score (nSPS) is 15.0. The van der Waals surface area contributed by atoms with Crippen molar-refractivity contribution in [3.05, 3.63) is 54.6 Å². The van der Waals surface area contributed by atoms with Crippen molar-refractivity contribution in [2.24, 2.45) is 5.92 Å². The van der Waals surface area contributed by atoms with E-state index in [2.05, 4.69) is 9.88 Å². The zero-order chi connectivity index (χ0) is 19.5. The number of anilines is 1. The monoisotopic (exact) mass is 379 g/mol. The van der Waals surface area contributed by atoms with Gasteiger partial charge in [0.15, 0.2) is 0 Å². The molecule has 4 rings (SSSR count). The summed E-state index contributed by atoms with van der Waals surface area (Å²) in [4.78, 5) is 22.8. The fourth-order valence-corrected chi connectivity index (χ4v) is 3.64. The molecular weight excluding hydrogens is 357 g/mol. The van der Waals surface area contributed by atoms with E-state index in [1.807, 2.05) is 37.3 Å². The van der Waals surface area contributed by atoms with Crippen molar-refractivity contribution in [1.29, 1.82) is 0 Å². The number of benzene rings is 1. The minimum Gasteiger partial charge on any atom is -0.466 e. The van der Waals surface area contributed by atoms with Crippen molar-refractivity contribution in [3.8, 4) is 11.1 Å². The molecule has 0 amide bonds. The van der Waals surface area contributed by atoms with Crippen LogP contribution in [0.5, 0.6) is 0 Å². The van der Waals surface area contributed by atoms with Crippen molar-refractivity contribution in [1.82, 2.24) is 9.97 Å². The summed E-state index contributed by atoms with van der Waals surface area (Å²) >= 11 is 0. The third kappa shape index (κ3) is 3.81. The van der Waals surface area contributed by atoms with Crippen LogP contribution >= 0.6 is 0 Å². The Morgan fingerprint density at radius 1 is 1.14 bits per heavy atom. The third-order valence-corrected chi connectivity index (χ3v) is 5.15. The number of aromatic nitrogens is 2. The Balaban J connectivity index is 1.51. The molecule has 5 nitrogen and oxygen atoms in total. The van der Waals surface area contributed by atoms with Crippen molar-refractivity contribution in [3.63, 3.8) is 0 Å². The second-order valence-corrected chi connectivity index (χ2v) is 6.98. The first-order valence-electron chi connectivity index (χ1n) is 9.57. The molecule has 6 heteroatoms. The van der Waals surface area contributed by atoms with E-state index >= 15 is 0 Å². The first kappa shape index (κ1) is 18.3. The van der Waals surface area contributed by atoms with Crippen LogP contribution in [0.15, 0.2) is 48.8 Å². The quantitative estimate of drug-likeness (QED) is 0.636. The molecule has 0 unspecified atom stereocenters. The lowest BCUT2D eigenvalue weighted by atomic mass is 9.97. The average molecular weight is 379 g/mol. The van der Waals surface area contributed by atoms with Gasteiger partial charge in [-0.1, -0.05) is 6.07 Å². The van der Waals surface area contributed by atoms with Gasteiger partial charge in [-0.3, -0.25) is 9.78 Å². The fraction of sp³-hybridized carbons (Fsp3) is 0.318. The van der Waals surface area contributed by atoms with Crippen LogP contribution in [0.4, 0.5) is 10.2 Å². The van der Waals surface area contributed by atoms with Gasteiger partial charge in [0.1, 0.15) is 11.6 Å². The summed E-state index contributed by atoms with van der Waals surface area (Å²) in [7, 11) is 0. The number of ether oxygens (including phenoxy) is 1. The number of nitrogens with zero attached hydrogens (tertiary/aromatic N) is 3. The standard InChI is InChI=1S/C22H22FN3O2/c1-2-28-22(27)15-7-9-26(10-8-15)21-6-4-17-11-16(3-5-20(17)25-21)18-12-19(23)14-24-13-18/h3-6,11-15H,2,7-10H2,1H3. The molecule has 1 aliphatic rings. The van der Waals surface area contributed by atoms with Gasteiger partial charge < -0.3 is 9.64 Å². The van der Waals surface area contributed by atoms with Crippen LogP contribution in [0.2, 0.25) is 0 Å². The highest BCUT2D eigenvalue weighted by atomic mass is 19.1. The number of fused-ring (bicyclic) bond motifs is 1. The Bertz CT molecular complexity index is 1000. The predicted molar refractivity (Wildman–Crippen MR) is 107 cm³/mol. The summed E-state index contributed by atoms with van der Waals surface area (Å²) < 4.78 is 18.6. The summed E-state index contributed by atoms with van der Waals surface area (Å²) in [5, 5.41) is 0.993. The van der Waals surface area contributed by atoms with Gasteiger partial charge in [0.25, 0.3) is 0 Å². The van der Waals surface area contributed by atoms with Gasteiger partial charge in [0, 0.05) is 30.2 Å². The number of piperidine rings is 1. The highest BCUT2D eigenvalue weighted by molar-refractivity contribution is 5.85. The Morgan fingerprint density at radius 3 is 2.71 bits per heavy atom. The summed E-state index contributed by atoms with van der Waals surface area (Å²) in [6, 6.07) is 11.4. The molecule has 1 fully saturated rings. The van der Waals surface area contributed by atoms with Gasteiger partial charge in [-0.05, 0) is 55.7 Å². The maximum absolute atomic E-state index is 13.4. The minimum atomic E-state index is -0.350. The van der Waals surface area contributed by atoms with Crippen LogP contribution in [0.25, 0.3) is 22.0 Å². The highest BCUT2D eigenvalue weighted by Gasteiger charge is 2.26. The Hall–Kier alpha value is -3.02. The van der Waals surface area contributed by atoms with Gasteiger partial charge in [-0.2, -0.15) is 0 Å². The number of carbonyl (C=O) groups is 1. The molecule has 0 saturated carbocycles. The Kier molecular flexibility index (Phi) is 5.19. The molecule has 0 N–H and O–H groups in total. The molecule has 2 aromatic heterocycles. The van der Waals surface area contributed by atoms with E-state index in [4.69, 9.17) is 9.72 Å². The van der Waals surface area contributed by atoms with Crippen LogP contribution in [-0.4, -0.2) is 35.6 Å². The van der Waals surface area contributed by atoms with Gasteiger partial charge in [-0.15, -0.1) is 0 Å². The second-order valence-electron chi connectivity index (χ2n) is 6.98. The maximum Gasteiger partial charge on any atom is 0.309 e. The predicted octanol–water partition coefficient (Wildman–Crippen LogP) is 4.22. The molecule has 0 atom stereocenters. The zero-order valence-electron chi connectivity index (χ0n) is 15.8. The van der Waals surface area contributed by atoms with Crippen molar-refractivity contribution < 1.29 is 13.9 Å². The third-order valence-electron chi connectivity index (χ3n) is 5.15. The molecule has 1 aromatic carbocycles. The molecule has 1 aliphatic heterocycles. The first-order chi connectivity index (χ1) is 13.6. The summed E-state index contributed by atoms with van der Waals surface area (Å²) in [6.07, 6.45) is 4.41. The van der Waals surface area contributed by atoms with Crippen molar-refractivity contribution >= 4 is 22.7 Å². The highest BCUT2D eigenvalue weighted by Crippen LogP contribution is 2.27. The number of pyridine rings is 2. The SMILES string of the molecule is CCOC(=O)C1CCN(c2ccc3cc(-c4cncc(F)c4)ccc3n2)CC1. The van der Waals surface area contributed by atoms with E-state index in [-0.39, 0.29) is 17.7 Å². The van der Waals surface area contributed by atoms with E-state index in [0.29, 0.717) is 6.61 Å². The molecule has 144 valence electrons. The van der Waals surface area contributed by atoms with Crippen LogP contribution in [-0.2, 0) is 9.53 Å².